The van der Waals surface area contributed by atoms with Crippen LogP contribution in [0.3, 0.4) is 0 Å². The van der Waals surface area contributed by atoms with Crippen molar-refractivity contribution in [2.75, 3.05) is 7.11 Å². The number of hydrogen-bond donors (Lipinski definition) is 0. The molecule has 82 valence electrons. The molecule has 0 aliphatic rings. The molecule has 1 aromatic rings. The Bertz CT molecular complexity index is 388. The van der Waals surface area contributed by atoms with E-state index in [4.69, 9.17) is 4.74 Å². The van der Waals surface area contributed by atoms with Crippen LogP contribution in [0.1, 0.15) is 24.9 Å². The SMILES string of the molecule is C=C(CC)/C(=C\c1nc(C)cn1C)OC. The summed E-state index contributed by atoms with van der Waals surface area (Å²) >= 11 is 0. The molecule has 0 radical (unpaired) electrons. The topological polar surface area (TPSA) is 27.1 Å². The molecule has 3 heteroatoms. The first-order valence-corrected chi connectivity index (χ1v) is 5.02. The highest BCUT2D eigenvalue weighted by molar-refractivity contribution is 5.50. The molecule has 0 spiro atoms. The molecule has 0 aliphatic carbocycles. The van der Waals surface area contributed by atoms with Crippen LogP contribution in [0, 0.1) is 6.92 Å². The Kier molecular flexibility index (Phi) is 3.72. The molecule has 0 saturated heterocycles. The van der Waals surface area contributed by atoms with Crippen LogP contribution in [0.2, 0.25) is 0 Å². The zero-order valence-corrected chi connectivity index (χ0v) is 9.87. The zero-order chi connectivity index (χ0) is 11.4. The Morgan fingerprint density at radius 3 is 2.73 bits per heavy atom. The monoisotopic (exact) mass is 206 g/mol. The predicted octanol–water partition coefficient (Wildman–Crippen LogP) is 2.68. The van der Waals surface area contributed by atoms with Crippen molar-refractivity contribution in [1.29, 1.82) is 0 Å². The quantitative estimate of drug-likeness (QED) is 0.559. The van der Waals surface area contributed by atoms with Crippen molar-refractivity contribution >= 4 is 6.08 Å². The molecule has 1 rings (SSSR count). The lowest BCUT2D eigenvalue weighted by atomic mass is 10.2. The first-order valence-electron chi connectivity index (χ1n) is 5.02. The first-order chi connectivity index (χ1) is 7.08. The number of hydrogen-bond acceptors (Lipinski definition) is 2. The summed E-state index contributed by atoms with van der Waals surface area (Å²) in [6.07, 6.45) is 4.77. The molecule has 0 amide bonds. The molecular formula is C12H18N2O. The minimum atomic E-state index is 0.797. The number of aryl methyl sites for hydroxylation is 2. The van der Waals surface area contributed by atoms with Crippen molar-refractivity contribution in [2.24, 2.45) is 7.05 Å². The van der Waals surface area contributed by atoms with E-state index in [1.54, 1.807) is 7.11 Å². The molecule has 1 heterocycles. The summed E-state index contributed by atoms with van der Waals surface area (Å²) in [6.45, 7) is 7.97. The second kappa shape index (κ2) is 4.82. The van der Waals surface area contributed by atoms with Crippen molar-refractivity contribution in [1.82, 2.24) is 9.55 Å². The molecule has 0 aromatic carbocycles. The molecule has 0 unspecified atom stereocenters. The standard InChI is InChI=1S/C12H18N2O/c1-6-9(2)11(15-5)7-12-13-10(3)8-14(12)4/h7-8H,2,6H2,1,3-5H3/b11-7+. The van der Waals surface area contributed by atoms with E-state index in [9.17, 15) is 0 Å². The summed E-state index contributed by atoms with van der Waals surface area (Å²) in [5, 5.41) is 0. The Morgan fingerprint density at radius 1 is 1.67 bits per heavy atom. The number of aromatic nitrogens is 2. The molecule has 1 aromatic heterocycles. The van der Waals surface area contributed by atoms with Crippen molar-refractivity contribution in [3.63, 3.8) is 0 Å². The minimum absolute atomic E-state index is 0.797. The van der Waals surface area contributed by atoms with E-state index in [-0.39, 0.29) is 0 Å². The van der Waals surface area contributed by atoms with Gasteiger partial charge in [-0.3, -0.25) is 0 Å². The molecule has 0 aliphatic heterocycles. The number of nitrogens with zero attached hydrogens (tertiary/aromatic N) is 2. The average Bonchev–Trinajstić information content (AvgIpc) is 2.52. The molecule has 15 heavy (non-hydrogen) atoms. The van der Waals surface area contributed by atoms with Gasteiger partial charge in [0.15, 0.2) is 0 Å². The molecule has 0 bridgehead atoms. The number of rotatable bonds is 4. The van der Waals surface area contributed by atoms with E-state index in [0.29, 0.717) is 0 Å². The maximum absolute atomic E-state index is 5.28. The lowest BCUT2D eigenvalue weighted by Crippen LogP contribution is -1.95. The lowest BCUT2D eigenvalue weighted by Gasteiger charge is -2.07. The number of allylic oxidation sites excluding steroid dienone is 1. The molecule has 0 fully saturated rings. The van der Waals surface area contributed by atoms with Gasteiger partial charge in [-0.05, 0) is 18.9 Å². The molecule has 0 atom stereocenters. The summed E-state index contributed by atoms with van der Waals surface area (Å²) in [5.41, 5.74) is 1.99. The summed E-state index contributed by atoms with van der Waals surface area (Å²) < 4.78 is 7.25. The van der Waals surface area contributed by atoms with Crippen molar-refractivity contribution < 1.29 is 4.74 Å². The summed E-state index contributed by atoms with van der Waals surface area (Å²) in [4.78, 5) is 4.38. The maximum Gasteiger partial charge on any atom is 0.136 e. The van der Waals surface area contributed by atoms with Gasteiger partial charge in [0, 0.05) is 19.3 Å². The van der Waals surface area contributed by atoms with Crippen LogP contribution in [-0.2, 0) is 11.8 Å². The Hall–Kier alpha value is -1.51. The lowest BCUT2D eigenvalue weighted by molar-refractivity contribution is 0.303. The predicted molar refractivity (Wildman–Crippen MR) is 62.4 cm³/mol. The average molecular weight is 206 g/mol. The van der Waals surface area contributed by atoms with Gasteiger partial charge in [-0.2, -0.15) is 0 Å². The maximum atomic E-state index is 5.28. The van der Waals surface area contributed by atoms with Crippen LogP contribution < -0.4 is 0 Å². The zero-order valence-electron chi connectivity index (χ0n) is 9.87. The van der Waals surface area contributed by atoms with Gasteiger partial charge in [-0.25, -0.2) is 4.98 Å². The highest BCUT2D eigenvalue weighted by atomic mass is 16.5. The second-order valence-electron chi connectivity index (χ2n) is 3.52. The highest BCUT2D eigenvalue weighted by Crippen LogP contribution is 2.15. The van der Waals surface area contributed by atoms with Gasteiger partial charge >= 0.3 is 0 Å². The third-order valence-electron chi connectivity index (χ3n) is 2.29. The van der Waals surface area contributed by atoms with E-state index in [2.05, 4.69) is 18.5 Å². The van der Waals surface area contributed by atoms with E-state index < -0.39 is 0 Å². The normalized spacial score (nSPS) is 11.6. The number of methoxy groups -OCH3 is 1. The fraction of sp³-hybridized carbons (Fsp3) is 0.417. The Morgan fingerprint density at radius 2 is 2.33 bits per heavy atom. The van der Waals surface area contributed by atoms with Crippen molar-refractivity contribution in [3.05, 3.63) is 35.6 Å². The summed E-state index contributed by atoms with van der Waals surface area (Å²) in [6, 6.07) is 0. The molecule has 3 nitrogen and oxygen atoms in total. The van der Waals surface area contributed by atoms with Crippen LogP contribution in [0.25, 0.3) is 6.08 Å². The van der Waals surface area contributed by atoms with E-state index >= 15 is 0 Å². The largest absolute Gasteiger partial charge is 0.496 e. The van der Waals surface area contributed by atoms with Gasteiger partial charge in [-0.15, -0.1) is 0 Å². The molecule has 0 N–H and O–H groups in total. The summed E-state index contributed by atoms with van der Waals surface area (Å²) in [7, 11) is 3.62. The smallest absolute Gasteiger partial charge is 0.136 e. The second-order valence-corrected chi connectivity index (χ2v) is 3.52. The van der Waals surface area contributed by atoms with E-state index in [1.165, 1.54) is 0 Å². The van der Waals surface area contributed by atoms with E-state index in [0.717, 1.165) is 29.3 Å². The van der Waals surface area contributed by atoms with Gasteiger partial charge < -0.3 is 9.30 Å². The highest BCUT2D eigenvalue weighted by Gasteiger charge is 2.04. The van der Waals surface area contributed by atoms with Gasteiger partial charge in [0.05, 0.1) is 12.8 Å². The van der Waals surface area contributed by atoms with Gasteiger partial charge in [-0.1, -0.05) is 13.5 Å². The first kappa shape index (κ1) is 11.6. The summed E-state index contributed by atoms with van der Waals surface area (Å²) in [5.74, 6) is 1.69. The Labute approximate surface area is 91.1 Å². The number of imidazole rings is 1. The van der Waals surface area contributed by atoms with Gasteiger partial charge in [0.2, 0.25) is 0 Å². The van der Waals surface area contributed by atoms with Gasteiger partial charge in [0.1, 0.15) is 11.6 Å². The van der Waals surface area contributed by atoms with Crippen LogP contribution in [-0.4, -0.2) is 16.7 Å². The van der Waals surface area contributed by atoms with Crippen molar-refractivity contribution in [3.8, 4) is 0 Å². The number of ether oxygens (including phenoxy) is 1. The van der Waals surface area contributed by atoms with Crippen LogP contribution in [0.5, 0.6) is 0 Å². The van der Waals surface area contributed by atoms with Crippen LogP contribution in [0.4, 0.5) is 0 Å². The minimum Gasteiger partial charge on any atom is -0.496 e. The third-order valence-corrected chi connectivity index (χ3v) is 2.29. The molecular weight excluding hydrogens is 188 g/mol. The van der Waals surface area contributed by atoms with Crippen LogP contribution >= 0.6 is 0 Å². The fourth-order valence-corrected chi connectivity index (χ4v) is 1.37. The third kappa shape index (κ3) is 2.72. The Balaban J connectivity index is 3.03. The molecule has 0 saturated carbocycles. The van der Waals surface area contributed by atoms with E-state index in [1.807, 2.05) is 30.8 Å². The van der Waals surface area contributed by atoms with Crippen LogP contribution in [0.15, 0.2) is 24.1 Å². The fourth-order valence-electron chi connectivity index (χ4n) is 1.37. The van der Waals surface area contributed by atoms with Crippen molar-refractivity contribution in [2.45, 2.75) is 20.3 Å². The van der Waals surface area contributed by atoms with Gasteiger partial charge in [0.25, 0.3) is 0 Å².